The molecule has 0 aliphatic heterocycles. The maximum atomic E-state index is 11.9. The number of thiol groups is 1. The minimum absolute atomic E-state index is 0.136. The van der Waals surface area contributed by atoms with Gasteiger partial charge < -0.3 is 5.32 Å². The molecule has 1 heterocycles. The van der Waals surface area contributed by atoms with Crippen molar-refractivity contribution in [3.63, 3.8) is 0 Å². The quantitative estimate of drug-likeness (QED) is 0.850. The van der Waals surface area contributed by atoms with Gasteiger partial charge >= 0.3 is 0 Å². The molecule has 17 heavy (non-hydrogen) atoms. The van der Waals surface area contributed by atoms with E-state index in [1.165, 1.54) is 11.3 Å². The molecule has 6 heteroatoms. The molecule has 88 valence electrons. The lowest BCUT2D eigenvalue weighted by molar-refractivity contribution is 0.0950. The third-order valence-electron chi connectivity index (χ3n) is 2.08. The molecule has 1 amide bonds. The number of nitrogens with zero attached hydrogens (tertiary/aromatic N) is 1. The summed E-state index contributed by atoms with van der Waals surface area (Å²) in [6, 6.07) is 5.36. The minimum atomic E-state index is -0.136. The number of carbonyl (C=O) groups is 1. The second kappa shape index (κ2) is 5.66. The molecule has 0 aliphatic carbocycles. The fourth-order valence-electron chi connectivity index (χ4n) is 1.28. The monoisotopic (exact) mass is 328 g/mol. The summed E-state index contributed by atoms with van der Waals surface area (Å²) < 4.78 is 0.756. The van der Waals surface area contributed by atoms with Gasteiger partial charge in [0, 0.05) is 20.9 Å². The van der Waals surface area contributed by atoms with Crippen molar-refractivity contribution in [1.82, 2.24) is 10.3 Å². The van der Waals surface area contributed by atoms with Crippen LogP contribution in [0.25, 0.3) is 0 Å². The highest BCUT2D eigenvalue weighted by Gasteiger charge is 2.10. The molecule has 0 bridgehead atoms. The Morgan fingerprint density at radius 2 is 2.35 bits per heavy atom. The summed E-state index contributed by atoms with van der Waals surface area (Å²) in [5, 5.41) is 5.58. The van der Waals surface area contributed by atoms with Crippen LogP contribution in [0.4, 0.5) is 0 Å². The fourth-order valence-corrected chi connectivity index (χ4v) is 2.46. The van der Waals surface area contributed by atoms with E-state index in [1.54, 1.807) is 18.3 Å². The third kappa shape index (κ3) is 3.31. The van der Waals surface area contributed by atoms with Gasteiger partial charge in [-0.25, -0.2) is 4.98 Å². The van der Waals surface area contributed by atoms with Crippen LogP contribution in [0, 0.1) is 0 Å². The van der Waals surface area contributed by atoms with E-state index in [2.05, 4.69) is 38.9 Å². The minimum Gasteiger partial charge on any atom is -0.345 e. The number of benzene rings is 1. The van der Waals surface area contributed by atoms with Gasteiger partial charge in [0.1, 0.15) is 5.01 Å². The van der Waals surface area contributed by atoms with Crippen molar-refractivity contribution in [1.29, 1.82) is 0 Å². The summed E-state index contributed by atoms with van der Waals surface area (Å²) in [6.45, 7) is 0.444. The molecule has 2 rings (SSSR count). The summed E-state index contributed by atoms with van der Waals surface area (Å²) >= 11 is 9.07. The van der Waals surface area contributed by atoms with Crippen molar-refractivity contribution >= 4 is 45.8 Å². The lowest BCUT2D eigenvalue weighted by atomic mass is 10.2. The Hall–Kier alpha value is -0.850. The predicted molar refractivity (Wildman–Crippen MR) is 74.7 cm³/mol. The number of amides is 1. The van der Waals surface area contributed by atoms with E-state index in [-0.39, 0.29) is 5.91 Å². The van der Waals surface area contributed by atoms with Gasteiger partial charge in [-0.1, -0.05) is 0 Å². The van der Waals surface area contributed by atoms with Crippen molar-refractivity contribution in [2.45, 2.75) is 11.4 Å². The van der Waals surface area contributed by atoms with Crippen molar-refractivity contribution in [3.05, 3.63) is 44.8 Å². The molecule has 0 fully saturated rings. The van der Waals surface area contributed by atoms with E-state index in [0.29, 0.717) is 12.1 Å². The molecule has 0 spiro atoms. The SMILES string of the molecule is O=C(NCc1nccs1)c1cc(S)ccc1Br. The molecule has 2 aromatic rings. The van der Waals surface area contributed by atoms with E-state index in [9.17, 15) is 4.79 Å². The van der Waals surface area contributed by atoms with Gasteiger partial charge in [-0.3, -0.25) is 4.79 Å². The fraction of sp³-hybridized carbons (Fsp3) is 0.0909. The van der Waals surface area contributed by atoms with E-state index in [1.807, 2.05) is 11.4 Å². The van der Waals surface area contributed by atoms with Crippen LogP contribution in [-0.2, 0) is 6.54 Å². The molecule has 1 aromatic carbocycles. The summed E-state index contributed by atoms with van der Waals surface area (Å²) in [4.78, 5) is 16.8. The second-order valence-electron chi connectivity index (χ2n) is 3.27. The molecule has 0 unspecified atom stereocenters. The topological polar surface area (TPSA) is 42.0 Å². The van der Waals surface area contributed by atoms with Gasteiger partial charge in [-0.2, -0.15) is 0 Å². The Morgan fingerprint density at radius 3 is 3.06 bits per heavy atom. The first kappa shape index (κ1) is 12.6. The second-order valence-corrected chi connectivity index (χ2v) is 5.62. The lowest BCUT2D eigenvalue weighted by Crippen LogP contribution is -2.23. The molecule has 3 nitrogen and oxygen atoms in total. The van der Waals surface area contributed by atoms with E-state index in [4.69, 9.17) is 0 Å². The van der Waals surface area contributed by atoms with Crippen LogP contribution in [0.3, 0.4) is 0 Å². The van der Waals surface area contributed by atoms with E-state index in [0.717, 1.165) is 14.4 Å². The van der Waals surface area contributed by atoms with E-state index < -0.39 is 0 Å². The average Bonchev–Trinajstić information content (AvgIpc) is 2.82. The number of aromatic nitrogens is 1. The number of hydrogen-bond acceptors (Lipinski definition) is 4. The Kier molecular flexibility index (Phi) is 4.20. The normalized spacial score (nSPS) is 10.2. The first-order valence-electron chi connectivity index (χ1n) is 4.82. The lowest BCUT2D eigenvalue weighted by Gasteiger charge is -2.06. The summed E-state index contributed by atoms with van der Waals surface area (Å²) in [6.07, 6.45) is 1.72. The highest BCUT2D eigenvalue weighted by atomic mass is 79.9. The Labute approximate surface area is 117 Å². The molecule has 1 aromatic heterocycles. The van der Waals surface area contributed by atoms with Crippen LogP contribution >= 0.6 is 39.9 Å². The average molecular weight is 329 g/mol. The van der Waals surface area contributed by atoms with Gasteiger partial charge in [0.2, 0.25) is 0 Å². The zero-order valence-electron chi connectivity index (χ0n) is 8.68. The zero-order valence-corrected chi connectivity index (χ0v) is 12.0. The van der Waals surface area contributed by atoms with Crippen molar-refractivity contribution in [2.24, 2.45) is 0 Å². The van der Waals surface area contributed by atoms with E-state index >= 15 is 0 Å². The zero-order chi connectivity index (χ0) is 12.3. The van der Waals surface area contributed by atoms with Gasteiger partial charge in [0.25, 0.3) is 5.91 Å². The van der Waals surface area contributed by atoms with Gasteiger partial charge in [-0.05, 0) is 34.1 Å². The number of hydrogen-bond donors (Lipinski definition) is 2. The molecule has 0 aliphatic rings. The number of halogens is 1. The van der Waals surface area contributed by atoms with Crippen molar-refractivity contribution in [2.75, 3.05) is 0 Å². The van der Waals surface area contributed by atoms with Crippen LogP contribution in [0.1, 0.15) is 15.4 Å². The highest BCUT2D eigenvalue weighted by Crippen LogP contribution is 2.20. The van der Waals surface area contributed by atoms with Gasteiger partial charge in [-0.15, -0.1) is 24.0 Å². The van der Waals surface area contributed by atoms with Crippen LogP contribution < -0.4 is 5.32 Å². The Morgan fingerprint density at radius 1 is 1.53 bits per heavy atom. The van der Waals surface area contributed by atoms with Crippen molar-refractivity contribution in [3.8, 4) is 0 Å². The smallest absolute Gasteiger partial charge is 0.252 e. The van der Waals surface area contributed by atoms with Gasteiger partial charge in [0.15, 0.2) is 0 Å². The predicted octanol–water partition coefficient (Wildman–Crippen LogP) is 3.12. The molecule has 0 atom stereocenters. The molecule has 0 saturated heterocycles. The number of carbonyl (C=O) groups excluding carboxylic acids is 1. The van der Waals surface area contributed by atoms with Crippen LogP contribution in [0.15, 0.2) is 39.1 Å². The number of rotatable bonds is 3. The third-order valence-corrected chi connectivity index (χ3v) is 3.83. The van der Waals surface area contributed by atoms with Crippen LogP contribution in [-0.4, -0.2) is 10.9 Å². The molecular weight excluding hydrogens is 320 g/mol. The maximum Gasteiger partial charge on any atom is 0.252 e. The molecule has 0 saturated carbocycles. The first-order valence-corrected chi connectivity index (χ1v) is 6.94. The number of nitrogens with one attached hydrogen (secondary N) is 1. The highest BCUT2D eigenvalue weighted by molar-refractivity contribution is 9.10. The summed E-state index contributed by atoms with van der Waals surface area (Å²) in [7, 11) is 0. The maximum absolute atomic E-state index is 11.9. The molecular formula is C11H9BrN2OS2. The summed E-state index contributed by atoms with van der Waals surface area (Å²) in [5.41, 5.74) is 0.578. The molecule has 0 radical (unpaired) electrons. The van der Waals surface area contributed by atoms with Crippen LogP contribution in [0.2, 0.25) is 0 Å². The Bertz CT molecular complexity index is 528. The molecule has 1 N–H and O–H groups in total. The van der Waals surface area contributed by atoms with Gasteiger partial charge in [0.05, 0.1) is 12.1 Å². The standard InChI is InChI=1S/C11H9BrN2OS2/c12-9-2-1-7(16)5-8(9)11(15)14-6-10-13-3-4-17-10/h1-5,16H,6H2,(H,14,15). The largest absolute Gasteiger partial charge is 0.345 e. The van der Waals surface area contributed by atoms with Crippen molar-refractivity contribution < 1.29 is 4.79 Å². The summed E-state index contributed by atoms with van der Waals surface area (Å²) in [5.74, 6) is -0.136. The first-order chi connectivity index (χ1) is 8.16. The Balaban J connectivity index is 2.07. The van der Waals surface area contributed by atoms with Crippen LogP contribution in [0.5, 0.6) is 0 Å². The number of thiazole rings is 1.